The lowest BCUT2D eigenvalue weighted by atomic mass is 10.2. The lowest BCUT2D eigenvalue weighted by molar-refractivity contribution is 0.508. The highest BCUT2D eigenvalue weighted by Gasteiger charge is 2.20. The van der Waals surface area contributed by atoms with Crippen molar-refractivity contribution < 1.29 is 9.46 Å². The van der Waals surface area contributed by atoms with Gasteiger partial charge in [-0.3, -0.25) is 0 Å². The van der Waals surface area contributed by atoms with Crippen LogP contribution in [0.2, 0.25) is 0 Å². The standard InChI is InChI=1S/C7H13O2P/c1-4-6(3)7(5-2)10(8)9/h4-5H2,1-3H3/p+1. The minimum absolute atomic E-state index is 0.686. The lowest BCUT2D eigenvalue weighted by Gasteiger charge is -1.92. The Kier molecular flexibility index (Phi) is 4.50. The number of allylic oxidation sites excluding steroid dienone is 2. The molecular formula is C7H14O2P+. The van der Waals surface area contributed by atoms with Gasteiger partial charge in [0.2, 0.25) is 0 Å². The summed E-state index contributed by atoms with van der Waals surface area (Å²) >= 11 is 0. The Bertz CT molecular complexity index is 161. The van der Waals surface area contributed by atoms with Gasteiger partial charge in [0.25, 0.3) is 0 Å². The smallest absolute Gasteiger partial charge is 0.156 e. The number of rotatable bonds is 3. The molecule has 0 spiro atoms. The summed E-state index contributed by atoms with van der Waals surface area (Å²) in [5.41, 5.74) is 1.05. The molecule has 1 unspecified atom stereocenters. The summed E-state index contributed by atoms with van der Waals surface area (Å²) in [6, 6.07) is 0. The Morgan fingerprint density at radius 1 is 1.40 bits per heavy atom. The van der Waals surface area contributed by atoms with E-state index >= 15 is 0 Å². The molecule has 2 nitrogen and oxygen atoms in total. The van der Waals surface area contributed by atoms with Crippen molar-refractivity contribution in [2.24, 2.45) is 0 Å². The van der Waals surface area contributed by atoms with Crippen LogP contribution in [0.5, 0.6) is 0 Å². The largest absolute Gasteiger partial charge is 0.541 e. The van der Waals surface area contributed by atoms with Crippen molar-refractivity contribution in [1.82, 2.24) is 0 Å². The number of hydrogen-bond acceptors (Lipinski definition) is 1. The van der Waals surface area contributed by atoms with Crippen molar-refractivity contribution in [2.75, 3.05) is 0 Å². The van der Waals surface area contributed by atoms with Gasteiger partial charge in [0.15, 0.2) is 5.31 Å². The molecule has 0 saturated heterocycles. The molecule has 0 radical (unpaired) electrons. The Morgan fingerprint density at radius 3 is 2.00 bits per heavy atom. The summed E-state index contributed by atoms with van der Waals surface area (Å²) in [5.74, 6) is 0. The predicted molar refractivity (Wildman–Crippen MR) is 43.1 cm³/mol. The zero-order valence-corrected chi connectivity index (χ0v) is 7.61. The molecule has 1 atom stereocenters. The Labute approximate surface area is 62.8 Å². The first kappa shape index (κ1) is 9.80. The molecule has 0 aliphatic heterocycles. The second-order valence-corrected chi connectivity index (χ2v) is 3.29. The van der Waals surface area contributed by atoms with Crippen molar-refractivity contribution >= 4 is 8.03 Å². The van der Waals surface area contributed by atoms with E-state index in [1.165, 1.54) is 0 Å². The van der Waals surface area contributed by atoms with Gasteiger partial charge in [-0.15, -0.1) is 0 Å². The molecule has 0 aliphatic rings. The maximum atomic E-state index is 10.6. The lowest BCUT2D eigenvalue weighted by Crippen LogP contribution is -1.80. The van der Waals surface area contributed by atoms with Gasteiger partial charge in [0, 0.05) is 6.42 Å². The van der Waals surface area contributed by atoms with Crippen LogP contribution in [-0.2, 0) is 4.57 Å². The molecule has 10 heavy (non-hydrogen) atoms. The zero-order chi connectivity index (χ0) is 8.15. The highest BCUT2D eigenvalue weighted by Crippen LogP contribution is 2.33. The highest BCUT2D eigenvalue weighted by atomic mass is 31.1. The van der Waals surface area contributed by atoms with Gasteiger partial charge in [-0.1, -0.05) is 13.8 Å². The van der Waals surface area contributed by atoms with Crippen molar-refractivity contribution in [3.05, 3.63) is 10.9 Å². The second-order valence-electron chi connectivity index (χ2n) is 2.21. The van der Waals surface area contributed by atoms with Crippen LogP contribution in [0, 0.1) is 0 Å². The fraction of sp³-hybridized carbons (Fsp3) is 0.714. The first-order valence-corrected chi connectivity index (χ1v) is 4.69. The molecular weight excluding hydrogens is 147 g/mol. The minimum Gasteiger partial charge on any atom is -0.156 e. The predicted octanol–water partition coefficient (Wildman–Crippen LogP) is 2.82. The van der Waals surface area contributed by atoms with Gasteiger partial charge in [0.1, 0.15) is 0 Å². The highest BCUT2D eigenvalue weighted by molar-refractivity contribution is 7.43. The fourth-order valence-corrected chi connectivity index (χ4v) is 1.56. The van der Waals surface area contributed by atoms with E-state index in [0.29, 0.717) is 11.7 Å². The van der Waals surface area contributed by atoms with Gasteiger partial charge in [-0.05, 0) is 23.5 Å². The van der Waals surface area contributed by atoms with E-state index in [1.54, 1.807) is 0 Å². The van der Waals surface area contributed by atoms with E-state index in [0.717, 1.165) is 12.0 Å². The minimum atomic E-state index is -2.08. The molecule has 0 rings (SSSR count). The summed E-state index contributed by atoms with van der Waals surface area (Å²) in [4.78, 5) is 8.77. The molecule has 0 fully saturated rings. The maximum absolute atomic E-state index is 10.6. The van der Waals surface area contributed by atoms with Crippen LogP contribution >= 0.6 is 8.03 Å². The van der Waals surface area contributed by atoms with Crippen LogP contribution in [0.1, 0.15) is 33.6 Å². The van der Waals surface area contributed by atoms with Crippen LogP contribution in [0.4, 0.5) is 0 Å². The number of hydrogen-bond donors (Lipinski definition) is 1. The van der Waals surface area contributed by atoms with Crippen molar-refractivity contribution in [3.63, 3.8) is 0 Å². The average Bonchev–Trinajstić information content (AvgIpc) is 1.88. The third-order valence-corrected chi connectivity index (χ3v) is 2.75. The quantitative estimate of drug-likeness (QED) is 0.646. The first-order valence-electron chi connectivity index (χ1n) is 3.48. The maximum Gasteiger partial charge on any atom is 0.541 e. The molecule has 58 valence electrons. The molecule has 0 bridgehead atoms. The third kappa shape index (κ3) is 2.59. The van der Waals surface area contributed by atoms with E-state index in [1.807, 2.05) is 20.8 Å². The molecule has 0 saturated carbocycles. The van der Waals surface area contributed by atoms with Crippen LogP contribution in [0.15, 0.2) is 10.9 Å². The summed E-state index contributed by atoms with van der Waals surface area (Å²) in [6.07, 6.45) is 1.55. The van der Waals surface area contributed by atoms with Crippen molar-refractivity contribution in [2.45, 2.75) is 33.6 Å². The Balaban J connectivity index is 4.45. The van der Waals surface area contributed by atoms with Crippen LogP contribution < -0.4 is 0 Å². The van der Waals surface area contributed by atoms with Crippen molar-refractivity contribution in [3.8, 4) is 0 Å². The molecule has 1 N–H and O–H groups in total. The first-order chi connectivity index (χ1) is 4.63. The van der Waals surface area contributed by atoms with E-state index in [9.17, 15) is 4.57 Å². The molecule has 0 aromatic carbocycles. The molecule has 0 aliphatic carbocycles. The van der Waals surface area contributed by atoms with Gasteiger partial charge < -0.3 is 0 Å². The zero-order valence-electron chi connectivity index (χ0n) is 6.72. The average molecular weight is 161 g/mol. The van der Waals surface area contributed by atoms with Crippen LogP contribution in [0.3, 0.4) is 0 Å². The molecule has 0 heterocycles. The van der Waals surface area contributed by atoms with Crippen molar-refractivity contribution in [1.29, 1.82) is 0 Å². The van der Waals surface area contributed by atoms with E-state index in [2.05, 4.69) is 0 Å². The van der Waals surface area contributed by atoms with E-state index in [4.69, 9.17) is 4.89 Å². The normalized spacial score (nSPS) is 14.6. The van der Waals surface area contributed by atoms with Gasteiger partial charge in [-0.2, -0.15) is 4.89 Å². The van der Waals surface area contributed by atoms with Gasteiger partial charge >= 0.3 is 8.03 Å². The summed E-state index contributed by atoms with van der Waals surface area (Å²) in [6.45, 7) is 5.80. The summed E-state index contributed by atoms with van der Waals surface area (Å²) in [5, 5.41) is 0.706. The topological polar surface area (TPSA) is 37.3 Å². The second kappa shape index (κ2) is 4.59. The Hall–Kier alpha value is -0.200. The van der Waals surface area contributed by atoms with E-state index < -0.39 is 8.03 Å². The molecule has 0 aromatic heterocycles. The van der Waals surface area contributed by atoms with Gasteiger partial charge in [0.05, 0.1) is 0 Å². The molecule has 3 heteroatoms. The monoisotopic (exact) mass is 161 g/mol. The molecule has 0 amide bonds. The fourth-order valence-electron chi connectivity index (χ4n) is 0.804. The van der Waals surface area contributed by atoms with Crippen LogP contribution in [0.25, 0.3) is 0 Å². The summed E-state index contributed by atoms with van der Waals surface area (Å²) < 4.78 is 10.6. The van der Waals surface area contributed by atoms with Crippen LogP contribution in [-0.4, -0.2) is 4.89 Å². The SMILES string of the molecule is CCC(C)=C(CC)[P+](=O)O. The summed E-state index contributed by atoms with van der Waals surface area (Å²) in [7, 11) is -2.08. The molecule has 0 aromatic rings. The van der Waals surface area contributed by atoms with E-state index in [-0.39, 0.29) is 0 Å². The third-order valence-electron chi connectivity index (χ3n) is 1.59. The van der Waals surface area contributed by atoms with Gasteiger partial charge in [-0.25, -0.2) is 0 Å². The Morgan fingerprint density at radius 2 is 1.90 bits per heavy atom.